The molecular weight excluding hydrogens is 635 g/mol. The van der Waals surface area contributed by atoms with Crippen molar-refractivity contribution in [3.63, 3.8) is 0 Å². The van der Waals surface area contributed by atoms with Crippen molar-refractivity contribution in [3.8, 4) is 11.8 Å². The number of aryl methyl sites for hydroxylation is 2. The Morgan fingerprint density at radius 1 is 1.04 bits per heavy atom. The van der Waals surface area contributed by atoms with Crippen LogP contribution in [0.4, 0.5) is 0 Å². The predicted octanol–water partition coefficient (Wildman–Crippen LogP) is 6.01. The van der Waals surface area contributed by atoms with Crippen LogP contribution in [0.1, 0.15) is 95.3 Å². The zero-order valence-electron chi connectivity index (χ0n) is 29.3. The van der Waals surface area contributed by atoms with E-state index in [-0.39, 0.29) is 30.9 Å². The van der Waals surface area contributed by atoms with E-state index in [1.165, 1.54) is 4.90 Å². The molecule has 0 bridgehead atoms. The third-order valence-electron chi connectivity index (χ3n) is 9.44. The number of primary amides is 1. The molecule has 4 amide bonds. The fourth-order valence-electron chi connectivity index (χ4n) is 6.51. The molecule has 0 saturated carbocycles. The minimum atomic E-state index is -1.30. The molecule has 1 aromatic heterocycles. The monoisotopic (exact) mass is 683 g/mol. The molecule has 2 aliphatic rings. The summed E-state index contributed by atoms with van der Waals surface area (Å²) in [4.78, 5) is 53.8. The van der Waals surface area contributed by atoms with Crippen LogP contribution in [0.3, 0.4) is 0 Å². The Morgan fingerprint density at radius 2 is 1.80 bits per heavy atom. The number of aromatic nitrogens is 2. The van der Waals surface area contributed by atoms with Gasteiger partial charge in [0.05, 0.1) is 11.2 Å². The number of carbonyl (C=O) groups excluding carboxylic acids is 4. The van der Waals surface area contributed by atoms with E-state index in [9.17, 15) is 19.2 Å². The van der Waals surface area contributed by atoms with Crippen LogP contribution in [-0.2, 0) is 27.4 Å². The summed E-state index contributed by atoms with van der Waals surface area (Å²) in [6, 6.07) is 11.3. The molecule has 0 spiro atoms. The quantitative estimate of drug-likeness (QED) is 0.0905. The van der Waals surface area contributed by atoms with Crippen molar-refractivity contribution in [3.05, 3.63) is 64.3 Å². The average molecular weight is 684 g/mol. The number of imide groups is 1. The smallest absolute Gasteiger partial charge is 0.255 e. The molecule has 10 nitrogen and oxygen atoms in total. The number of amides is 4. The minimum absolute atomic E-state index is 0.0624. The van der Waals surface area contributed by atoms with Crippen LogP contribution in [-0.4, -0.2) is 70.7 Å². The molecule has 0 aliphatic carbocycles. The van der Waals surface area contributed by atoms with Crippen molar-refractivity contribution in [2.24, 2.45) is 5.73 Å². The maximum Gasteiger partial charge on any atom is 0.255 e. The average Bonchev–Trinajstić information content (AvgIpc) is 3.56. The highest BCUT2D eigenvalue weighted by molar-refractivity contribution is 6.76. The number of ether oxygens (including phenoxy) is 1. The molecule has 3 heterocycles. The number of carbonyl (C=O) groups is 4. The summed E-state index contributed by atoms with van der Waals surface area (Å²) in [7, 11) is -1.30. The lowest BCUT2D eigenvalue weighted by atomic mass is 10.0. The van der Waals surface area contributed by atoms with Gasteiger partial charge in [0.15, 0.2) is 0 Å². The molecule has 1 atom stereocenters. The summed E-state index contributed by atoms with van der Waals surface area (Å²) in [5.41, 5.74) is 10.1. The third kappa shape index (κ3) is 8.85. The van der Waals surface area contributed by atoms with Crippen molar-refractivity contribution in [1.82, 2.24) is 19.6 Å². The molecule has 1 fully saturated rings. The molecule has 1 saturated heterocycles. The molecule has 11 heteroatoms. The van der Waals surface area contributed by atoms with Gasteiger partial charge in [-0.2, -0.15) is 5.10 Å². The zero-order valence-corrected chi connectivity index (χ0v) is 30.3. The first-order valence-corrected chi connectivity index (χ1v) is 21.3. The van der Waals surface area contributed by atoms with Crippen LogP contribution < -0.4 is 5.73 Å². The van der Waals surface area contributed by atoms with Crippen LogP contribution in [0, 0.1) is 18.8 Å². The number of hydrogen-bond donors (Lipinski definition) is 1. The van der Waals surface area contributed by atoms with Gasteiger partial charge < -0.3 is 15.4 Å². The number of unbranched alkanes of at least 4 members (excludes halogenated alkanes) is 6. The molecule has 3 aromatic rings. The van der Waals surface area contributed by atoms with Gasteiger partial charge in [-0.3, -0.25) is 28.8 Å². The maximum atomic E-state index is 13.4. The lowest BCUT2D eigenvalue weighted by molar-refractivity contribution is -0.158. The van der Waals surface area contributed by atoms with E-state index < -0.39 is 20.0 Å². The fourth-order valence-corrected chi connectivity index (χ4v) is 7.26. The summed E-state index contributed by atoms with van der Waals surface area (Å²) < 4.78 is 7.71. The van der Waals surface area contributed by atoms with Gasteiger partial charge in [0.1, 0.15) is 12.8 Å². The van der Waals surface area contributed by atoms with Crippen LogP contribution in [0.15, 0.2) is 36.4 Å². The molecule has 0 radical (unpaired) electrons. The van der Waals surface area contributed by atoms with Crippen LogP contribution in [0.5, 0.6) is 0 Å². The van der Waals surface area contributed by atoms with Gasteiger partial charge in [-0.15, -0.1) is 0 Å². The van der Waals surface area contributed by atoms with Crippen LogP contribution in [0.2, 0.25) is 25.7 Å². The van der Waals surface area contributed by atoms with Gasteiger partial charge in [0.2, 0.25) is 11.8 Å². The first kappa shape index (κ1) is 36.0. The Balaban J connectivity index is 1.05. The summed E-state index contributed by atoms with van der Waals surface area (Å²) in [5.74, 6) is 5.37. The Morgan fingerprint density at radius 3 is 2.55 bits per heavy atom. The van der Waals surface area contributed by atoms with E-state index in [1.54, 1.807) is 17.0 Å². The number of rotatable bonds is 15. The Labute approximate surface area is 290 Å². The minimum Gasteiger partial charge on any atom is -0.366 e. The first-order chi connectivity index (χ1) is 23.4. The fraction of sp³-hybridized carbons (Fsp3) is 0.500. The molecule has 260 valence electrons. The highest BCUT2D eigenvalue weighted by Crippen LogP contribution is 2.31. The summed E-state index contributed by atoms with van der Waals surface area (Å²) in [6.07, 6.45) is 7.79. The predicted molar refractivity (Wildman–Crippen MR) is 192 cm³/mol. The van der Waals surface area contributed by atoms with Crippen molar-refractivity contribution >= 4 is 42.6 Å². The Kier molecular flexibility index (Phi) is 11.7. The molecular formula is C38H49N5O5Si. The molecule has 2 N–H and O–H groups in total. The second-order valence-electron chi connectivity index (χ2n) is 14.4. The van der Waals surface area contributed by atoms with Crippen molar-refractivity contribution in [2.45, 2.75) is 110 Å². The second kappa shape index (κ2) is 16.0. The van der Waals surface area contributed by atoms with Gasteiger partial charge in [-0.05, 0) is 62.1 Å². The molecule has 5 rings (SSSR count). The second-order valence-corrected chi connectivity index (χ2v) is 20.0. The maximum absolute atomic E-state index is 13.4. The van der Waals surface area contributed by atoms with E-state index in [0.717, 1.165) is 85.3 Å². The van der Waals surface area contributed by atoms with Gasteiger partial charge in [-0.25, -0.2) is 0 Å². The number of nitrogens with two attached hydrogens (primary N) is 1. The number of piperidine rings is 1. The lowest BCUT2D eigenvalue weighted by Gasteiger charge is -2.35. The normalized spacial score (nSPS) is 16.3. The van der Waals surface area contributed by atoms with E-state index >= 15 is 0 Å². The van der Waals surface area contributed by atoms with Crippen LogP contribution in [0.25, 0.3) is 10.9 Å². The largest absolute Gasteiger partial charge is 0.366 e. The van der Waals surface area contributed by atoms with Gasteiger partial charge in [0.25, 0.3) is 11.8 Å². The van der Waals surface area contributed by atoms with E-state index in [0.29, 0.717) is 30.7 Å². The van der Waals surface area contributed by atoms with Crippen LogP contribution >= 0.6 is 0 Å². The number of benzene rings is 2. The van der Waals surface area contributed by atoms with Crippen molar-refractivity contribution in [2.75, 3.05) is 13.3 Å². The Bertz CT molecular complexity index is 1780. The summed E-state index contributed by atoms with van der Waals surface area (Å²) in [6.45, 7) is 10.3. The SMILES string of the molecule is Cc1nn(CCCCCCCCC#Cc2cccc3c2CN(C2CCC(=O)N(COCC[Si](C)(C)C)C2=O)C3=O)c2cc(C(N)=O)ccc12. The van der Waals surface area contributed by atoms with E-state index in [1.807, 2.05) is 35.9 Å². The molecule has 2 aromatic carbocycles. The van der Waals surface area contributed by atoms with E-state index in [4.69, 9.17) is 10.5 Å². The van der Waals surface area contributed by atoms with E-state index in [2.05, 4.69) is 36.6 Å². The number of fused-ring (bicyclic) bond motifs is 2. The number of nitrogens with zero attached hydrogens (tertiary/aromatic N) is 4. The molecule has 1 unspecified atom stereocenters. The third-order valence-corrected chi connectivity index (χ3v) is 11.1. The highest BCUT2D eigenvalue weighted by Gasteiger charge is 2.43. The van der Waals surface area contributed by atoms with Gasteiger partial charge in [-0.1, -0.05) is 69.3 Å². The number of likely N-dealkylation sites (tertiary alicyclic amines) is 1. The lowest BCUT2D eigenvalue weighted by Crippen LogP contribution is -2.55. The Hall–Kier alpha value is -4.27. The number of hydrogen-bond acceptors (Lipinski definition) is 6. The zero-order chi connectivity index (χ0) is 35.1. The van der Waals surface area contributed by atoms with Gasteiger partial charge >= 0.3 is 0 Å². The highest BCUT2D eigenvalue weighted by atomic mass is 28.3. The summed E-state index contributed by atoms with van der Waals surface area (Å²) in [5, 5.41) is 5.71. The van der Waals surface area contributed by atoms with Crippen molar-refractivity contribution < 1.29 is 23.9 Å². The standard InChI is InChI=1S/C38H49N5O5Si/c1-27-30-18-17-29(36(39)45)24-34(30)43(40-27)21-12-10-8-6-5-7-9-11-14-28-15-13-16-31-32(28)25-41(37(31)46)33-19-20-35(44)42(38(33)47)26-48-22-23-49(2,3)4/h13,15-18,24,33H,5-10,12,19-23,25-26H2,1-4H3,(H2,39,45). The molecule has 49 heavy (non-hydrogen) atoms. The molecule has 2 aliphatic heterocycles. The van der Waals surface area contributed by atoms with Gasteiger partial charge in [0, 0.05) is 62.7 Å². The topological polar surface area (TPSA) is 128 Å². The van der Waals surface area contributed by atoms with Crippen molar-refractivity contribution in [1.29, 1.82) is 0 Å². The first-order valence-electron chi connectivity index (χ1n) is 17.6. The summed E-state index contributed by atoms with van der Waals surface area (Å²) >= 11 is 0.